The van der Waals surface area contributed by atoms with E-state index in [4.69, 9.17) is 14.5 Å². The Labute approximate surface area is 222 Å². The lowest BCUT2D eigenvalue weighted by Crippen LogP contribution is -2.08. The number of carbonyl (C=O) groups excluding carboxylic acids is 1. The Hall–Kier alpha value is -3.28. The second-order valence-electron chi connectivity index (χ2n) is 9.55. The summed E-state index contributed by atoms with van der Waals surface area (Å²) in [6.07, 6.45) is 19.9. The van der Waals surface area contributed by atoms with Crippen LogP contribution in [0.3, 0.4) is 0 Å². The molecule has 0 atom stereocenters. The normalized spacial score (nSPS) is 13.8. The predicted molar refractivity (Wildman–Crippen MR) is 153 cm³/mol. The van der Waals surface area contributed by atoms with Gasteiger partial charge in [-0.3, -0.25) is 4.99 Å². The van der Waals surface area contributed by atoms with Gasteiger partial charge in [-0.1, -0.05) is 45.1 Å². The zero-order valence-electron chi connectivity index (χ0n) is 22.8. The molecule has 1 aliphatic rings. The number of esters is 1. The molecule has 0 unspecified atom stereocenters. The number of aryl methyl sites for hydroxylation is 1. The molecule has 0 fully saturated rings. The predicted octanol–water partition coefficient (Wildman–Crippen LogP) is 8.33. The van der Waals surface area contributed by atoms with Gasteiger partial charge in [0.25, 0.3) is 0 Å². The first kappa shape index (κ1) is 28.3. The molecule has 2 aromatic rings. The summed E-state index contributed by atoms with van der Waals surface area (Å²) in [5.74, 6) is 0.115. The second kappa shape index (κ2) is 15.1. The van der Waals surface area contributed by atoms with E-state index < -0.39 is 5.97 Å². The van der Waals surface area contributed by atoms with Crippen LogP contribution in [0.5, 0.6) is 5.75 Å². The van der Waals surface area contributed by atoms with Crippen LogP contribution in [0, 0.1) is 6.92 Å². The highest BCUT2D eigenvalue weighted by Gasteiger charge is 2.27. The molecule has 200 valence electrons. The van der Waals surface area contributed by atoms with Crippen molar-refractivity contribution in [1.29, 1.82) is 0 Å². The number of allylic oxidation sites excluding steroid dienone is 3. The van der Waals surface area contributed by atoms with E-state index >= 15 is 0 Å². The minimum atomic E-state index is -0.399. The molecule has 0 saturated carbocycles. The van der Waals surface area contributed by atoms with Gasteiger partial charge in [-0.2, -0.15) is 0 Å². The van der Waals surface area contributed by atoms with E-state index in [-0.39, 0.29) is 0 Å². The Morgan fingerprint density at radius 3 is 2.46 bits per heavy atom. The number of ether oxygens (including phenoxy) is 2. The lowest BCUT2D eigenvalue weighted by Gasteiger charge is -2.08. The molecule has 6 nitrogen and oxygen atoms in total. The van der Waals surface area contributed by atoms with Crippen LogP contribution in [0.25, 0.3) is 17.5 Å². The number of unbranched alkanes of at least 4 members (excludes halogenated alkanes) is 7. The molecular weight excluding hydrogens is 462 g/mol. The molecule has 0 bridgehead atoms. The molecule has 3 heterocycles. The third kappa shape index (κ3) is 8.38. The monoisotopic (exact) mass is 505 g/mol. The Kier molecular flexibility index (Phi) is 11.5. The summed E-state index contributed by atoms with van der Waals surface area (Å²) in [7, 11) is 0. The fourth-order valence-electron chi connectivity index (χ4n) is 4.48. The molecule has 1 aliphatic heterocycles. The van der Waals surface area contributed by atoms with Crippen LogP contribution in [0.2, 0.25) is 0 Å². The molecule has 0 aliphatic carbocycles. The Balaban J connectivity index is 1.72. The molecule has 3 rings (SSSR count). The van der Waals surface area contributed by atoms with E-state index in [1.54, 1.807) is 0 Å². The van der Waals surface area contributed by atoms with Gasteiger partial charge < -0.3 is 19.4 Å². The largest absolute Gasteiger partial charge is 0.490 e. The van der Waals surface area contributed by atoms with E-state index in [0.717, 1.165) is 54.2 Å². The highest BCUT2D eigenvalue weighted by Crippen LogP contribution is 2.36. The molecule has 0 saturated heterocycles. The van der Waals surface area contributed by atoms with Crippen molar-refractivity contribution in [1.82, 2.24) is 9.97 Å². The molecular formula is C31H43N3O3. The van der Waals surface area contributed by atoms with Gasteiger partial charge in [0.15, 0.2) is 5.75 Å². The van der Waals surface area contributed by atoms with Crippen molar-refractivity contribution in [2.45, 2.75) is 85.0 Å². The third-order valence-corrected chi connectivity index (χ3v) is 6.37. The number of hydrogen-bond acceptors (Lipinski definition) is 4. The zero-order valence-corrected chi connectivity index (χ0v) is 22.8. The number of aromatic amines is 2. The van der Waals surface area contributed by atoms with Crippen LogP contribution in [0.4, 0.5) is 0 Å². The quantitative estimate of drug-likeness (QED) is 0.129. The summed E-state index contributed by atoms with van der Waals surface area (Å²) in [6.45, 7) is 10.4. The minimum Gasteiger partial charge on any atom is -0.490 e. The highest BCUT2D eigenvalue weighted by atomic mass is 16.5. The Morgan fingerprint density at radius 2 is 1.78 bits per heavy atom. The summed E-state index contributed by atoms with van der Waals surface area (Å²) < 4.78 is 11.5. The first-order valence-corrected chi connectivity index (χ1v) is 13.9. The molecule has 0 spiro atoms. The van der Waals surface area contributed by atoms with Crippen LogP contribution in [0.1, 0.15) is 99.8 Å². The first-order chi connectivity index (χ1) is 18.1. The number of nitrogens with one attached hydrogen (secondary N) is 2. The van der Waals surface area contributed by atoms with Crippen molar-refractivity contribution in [2.75, 3.05) is 13.2 Å². The standard InChI is InChI=1S/C31H43N3O3/c1-5-8-9-10-11-12-13-14-15-16-24-18-19-25(33-24)22-27-30(37-21-6-2)28(31(35)36-7-3)29(34-27)26-20-17-23(4)32-26/h5,17-20,22,32,34H,1,6-16,21H2,2-4H3/b25-22+. The SMILES string of the molecule is C=CCCCCCCCCCC1=N/C(=C/c2[nH]c(-c3ccc(C)[nH]3)c(C(=O)OCC)c2OCCC)C=C1. The van der Waals surface area contributed by atoms with Crippen molar-refractivity contribution in [3.05, 3.63) is 59.6 Å². The number of nitrogens with zero attached hydrogens (tertiary/aromatic N) is 1. The van der Waals surface area contributed by atoms with Crippen molar-refractivity contribution < 1.29 is 14.3 Å². The molecule has 0 radical (unpaired) electrons. The fraction of sp³-hybridized carbons (Fsp3) is 0.484. The molecule has 6 heteroatoms. The number of aromatic nitrogens is 2. The van der Waals surface area contributed by atoms with Crippen molar-refractivity contribution in [2.24, 2.45) is 4.99 Å². The molecule has 0 aromatic carbocycles. The van der Waals surface area contributed by atoms with Crippen molar-refractivity contribution >= 4 is 17.8 Å². The maximum Gasteiger partial charge on any atom is 0.344 e. The molecule has 0 amide bonds. The minimum absolute atomic E-state index is 0.294. The van der Waals surface area contributed by atoms with Crippen LogP contribution >= 0.6 is 0 Å². The summed E-state index contributed by atoms with van der Waals surface area (Å²) in [4.78, 5) is 24.5. The average molecular weight is 506 g/mol. The zero-order chi connectivity index (χ0) is 26.5. The van der Waals surface area contributed by atoms with Crippen molar-refractivity contribution in [3.8, 4) is 17.1 Å². The van der Waals surface area contributed by atoms with E-state index in [1.165, 1.54) is 38.5 Å². The van der Waals surface area contributed by atoms with E-state index in [2.05, 4.69) is 22.6 Å². The van der Waals surface area contributed by atoms with Crippen LogP contribution in [0.15, 0.2) is 47.6 Å². The van der Waals surface area contributed by atoms with Gasteiger partial charge in [0.1, 0.15) is 5.56 Å². The van der Waals surface area contributed by atoms with Crippen molar-refractivity contribution in [3.63, 3.8) is 0 Å². The highest BCUT2D eigenvalue weighted by molar-refractivity contribution is 6.02. The maximum atomic E-state index is 13.0. The van der Waals surface area contributed by atoms with Crippen LogP contribution in [-0.4, -0.2) is 34.9 Å². The summed E-state index contributed by atoms with van der Waals surface area (Å²) in [5.41, 5.74) is 5.59. The number of hydrogen-bond donors (Lipinski definition) is 2. The van der Waals surface area contributed by atoms with Gasteiger partial charge in [0, 0.05) is 11.4 Å². The van der Waals surface area contributed by atoms with E-state index in [1.807, 2.05) is 51.1 Å². The summed E-state index contributed by atoms with van der Waals surface area (Å²) in [6, 6.07) is 3.94. The van der Waals surface area contributed by atoms with Gasteiger partial charge in [-0.25, -0.2) is 4.79 Å². The first-order valence-electron chi connectivity index (χ1n) is 13.9. The fourth-order valence-corrected chi connectivity index (χ4v) is 4.48. The Bertz CT molecular complexity index is 1120. The topological polar surface area (TPSA) is 79.5 Å². The van der Waals surface area contributed by atoms with E-state index in [9.17, 15) is 4.79 Å². The lowest BCUT2D eigenvalue weighted by molar-refractivity contribution is 0.0523. The van der Waals surface area contributed by atoms with Gasteiger partial charge in [-0.15, -0.1) is 6.58 Å². The second-order valence-corrected chi connectivity index (χ2v) is 9.55. The number of rotatable bonds is 17. The lowest BCUT2D eigenvalue weighted by atomic mass is 10.1. The van der Waals surface area contributed by atoms with Gasteiger partial charge in [-0.05, 0) is 76.3 Å². The van der Waals surface area contributed by atoms with Gasteiger partial charge in [0.05, 0.1) is 36.0 Å². The average Bonchev–Trinajstić information content (AvgIpc) is 3.61. The maximum absolute atomic E-state index is 13.0. The van der Waals surface area contributed by atoms with Crippen LogP contribution < -0.4 is 4.74 Å². The van der Waals surface area contributed by atoms with Gasteiger partial charge >= 0.3 is 5.97 Å². The molecule has 2 aromatic heterocycles. The summed E-state index contributed by atoms with van der Waals surface area (Å²) in [5, 5.41) is 0. The molecule has 2 N–H and O–H groups in total. The molecule has 37 heavy (non-hydrogen) atoms. The third-order valence-electron chi connectivity index (χ3n) is 6.37. The smallest absolute Gasteiger partial charge is 0.344 e. The number of carbonyl (C=O) groups is 1. The van der Waals surface area contributed by atoms with Crippen LogP contribution in [-0.2, 0) is 4.74 Å². The van der Waals surface area contributed by atoms with E-state index in [0.29, 0.717) is 30.2 Å². The Morgan fingerprint density at radius 1 is 1.03 bits per heavy atom. The number of H-pyrrole nitrogens is 2. The van der Waals surface area contributed by atoms with Gasteiger partial charge in [0.2, 0.25) is 0 Å². The number of aliphatic imine (C=N–C) groups is 1. The summed E-state index contributed by atoms with van der Waals surface area (Å²) >= 11 is 0.